The Hall–Kier alpha value is -3.45. The number of primary amides is 1. The maximum absolute atomic E-state index is 12.1. The molecule has 3 rings (SSSR count). The van der Waals surface area contributed by atoms with Crippen molar-refractivity contribution in [2.24, 2.45) is 11.5 Å². The summed E-state index contributed by atoms with van der Waals surface area (Å²) in [5.74, 6) is -4.36. The fourth-order valence-electron chi connectivity index (χ4n) is 2.99. The monoisotopic (exact) mass is 517 g/mol. The molecule has 0 radical (unpaired) electrons. The van der Waals surface area contributed by atoms with Gasteiger partial charge in [-0.1, -0.05) is 30.3 Å². The number of carbonyl (C=O) groups is 4. The molecule has 0 saturated heterocycles. The molecule has 1 aliphatic rings. The summed E-state index contributed by atoms with van der Waals surface area (Å²) >= 11 is 1.39. The van der Waals surface area contributed by atoms with E-state index in [9.17, 15) is 27.6 Å². The number of aryl methyl sites for hydroxylation is 1. The molecule has 0 spiro atoms. The van der Waals surface area contributed by atoms with Crippen LogP contribution in [0.1, 0.15) is 54.9 Å². The Bertz CT molecular complexity index is 1050. The average Bonchev–Trinajstić information content (AvgIpc) is 3.18. The molecule has 1 aromatic heterocycles. The molecule has 2 amide bonds. The third-order valence-electron chi connectivity index (χ3n) is 4.68. The van der Waals surface area contributed by atoms with Crippen LogP contribution in [0.5, 0.6) is 0 Å². The number of hydrogen-bond donors (Lipinski definition) is 4. The first-order chi connectivity index (χ1) is 16.2. The second-order valence-electron chi connectivity index (χ2n) is 7.51. The molecule has 1 aliphatic carbocycles. The van der Waals surface area contributed by atoms with Crippen LogP contribution in [0.25, 0.3) is 0 Å². The number of carboxylic acid groups (broad SMARTS) is 2. The third-order valence-corrected chi connectivity index (χ3v) is 5.99. The van der Waals surface area contributed by atoms with Crippen molar-refractivity contribution in [3.8, 4) is 0 Å². The van der Waals surface area contributed by atoms with E-state index in [1.165, 1.54) is 16.2 Å². The number of fused-ring (bicyclic) bond motifs is 1. The van der Waals surface area contributed by atoms with Crippen LogP contribution in [-0.4, -0.2) is 59.1 Å². The molecule has 0 bridgehead atoms. The SMILES string of the molecule is CN(C)C(=O)c1c(C(N)=O)sc2c1CCCC2.N[C@H](C(=O)O)c1ccccc1.O=C(O)C(F)(F)F. The fraction of sp³-hybridized carbons (Fsp3) is 0.364. The van der Waals surface area contributed by atoms with Crippen molar-refractivity contribution in [3.05, 3.63) is 56.8 Å². The van der Waals surface area contributed by atoms with Crippen LogP contribution in [0.4, 0.5) is 13.2 Å². The van der Waals surface area contributed by atoms with Gasteiger partial charge < -0.3 is 26.6 Å². The summed E-state index contributed by atoms with van der Waals surface area (Å²) in [5, 5.41) is 15.6. The molecule has 0 aliphatic heterocycles. The van der Waals surface area contributed by atoms with Crippen molar-refractivity contribution < 1.29 is 42.6 Å². The summed E-state index contributed by atoms with van der Waals surface area (Å²) in [6.45, 7) is 0. The quantitative estimate of drug-likeness (QED) is 0.484. The van der Waals surface area contributed by atoms with Crippen LogP contribution in [-0.2, 0) is 22.4 Å². The lowest BCUT2D eigenvalue weighted by Gasteiger charge is -2.15. The number of aliphatic carboxylic acids is 2. The molecule has 1 atom stereocenters. The Balaban J connectivity index is 0.000000293. The molecule has 2 aromatic rings. The smallest absolute Gasteiger partial charge is 0.480 e. The predicted molar refractivity (Wildman–Crippen MR) is 122 cm³/mol. The highest BCUT2D eigenvalue weighted by Crippen LogP contribution is 2.34. The summed E-state index contributed by atoms with van der Waals surface area (Å²) in [6, 6.07) is 7.82. The molecule has 0 unspecified atom stereocenters. The normalized spacial score (nSPS) is 13.1. The molecule has 192 valence electrons. The number of benzene rings is 1. The summed E-state index contributed by atoms with van der Waals surface area (Å²) < 4.78 is 31.7. The summed E-state index contributed by atoms with van der Waals surface area (Å²) in [4.78, 5) is 45.9. The minimum absolute atomic E-state index is 0.113. The Kier molecular flexibility index (Phi) is 10.9. The Labute approximate surface area is 203 Å². The van der Waals surface area contributed by atoms with Gasteiger partial charge in [-0.15, -0.1) is 11.3 Å². The lowest BCUT2D eigenvalue weighted by molar-refractivity contribution is -0.192. The molecule has 35 heavy (non-hydrogen) atoms. The highest BCUT2D eigenvalue weighted by Gasteiger charge is 2.38. The molecule has 13 heteroatoms. The van der Waals surface area contributed by atoms with E-state index in [0.29, 0.717) is 16.0 Å². The predicted octanol–water partition coefficient (Wildman–Crippen LogP) is 2.83. The second kappa shape index (κ2) is 12.9. The number of amides is 2. The van der Waals surface area contributed by atoms with Gasteiger partial charge in [0.2, 0.25) is 0 Å². The fourth-order valence-corrected chi connectivity index (χ4v) is 4.23. The molecular weight excluding hydrogens is 491 g/mol. The minimum Gasteiger partial charge on any atom is -0.480 e. The van der Waals surface area contributed by atoms with Crippen LogP contribution in [0.15, 0.2) is 30.3 Å². The van der Waals surface area contributed by atoms with Gasteiger partial charge in [0.1, 0.15) is 10.9 Å². The Morgan fingerprint density at radius 2 is 1.54 bits per heavy atom. The molecule has 9 nitrogen and oxygen atoms in total. The van der Waals surface area contributed by atoms with Gasteiger partial charge in [0, 0.05) is 19.0 Å². The molecular formula is C22H26F3N3O6S. The van der Waals surface area contributed by atoms with Gasteiger partial charge in [-0.2, -0.15) is 13.2 Å². The Morgan fingerprint density at radius 1 is 1.03 bits per heavy atom. The number of carboxylic acids is 2. The highest BCUT2D eigenvalue weighted by molar-refractivity contribution is 7.14. The van der Waals surface area contributed by atoms with Crippen LogP contribution in [0, 0.1) is 0 Å². The van der Waals surface area contributed by atoms with Crippen molar-refractivity contribution in [1.82, 2.24) is 4.90 Å². The van der Waals surface area contributed by atoms with Crippen molar-refractivity contribution in [3.63, 3.8) is 0 Å². The van der Waals surface area contributed by atoms with E-state index in [0.717, 1.165) is 36.1 Å². The van der Waals surface area contributed by atoms with Gasteiger partial charge >= 0.3 is 18.1 Å². The zero-order chi connectivity index (χ0) is 26.9. The lowest BCUT2D eigenvalue weighted by Crippen LogP contribution is -2.25. The highest BCUT2D eigenvalue weighted by atomic mass is 32.1. The van der Waals surface area contributed by atoms with Crippen LogP contribution < -0.4 is 11.5 Å². The van der Waals surface area contributed by atoms with Gasteiger partial charge in [-0.3, -0.25) is 14.4 Å². The first kappa shape index (κ1) is 29.6. The van der Waals surface area contributed by atoms with Crippen molar-refractivity contribution in [2.45, 2.75) is 37.9 Å². The number of carbonyl (C=O) groups excluding carboxylic acids is 2. The summed E-state index contributed by atoms with van der Waals surface area (Å²) in [7, 11) is 3.39. The maximum Gasteiger partial charge on any atom is 0.490 e. The van der Waals surface area contributed by atoms with Crippen LogP contribution in [0.2, 0.25) is 0 Å². The van der Waals surface area contributed by atoms with Gasteiger partial charge in [0.25, 0.3) is 11.8 Å². The van der Waals surface area contributed by atoms with Crippen molar-refractivity contribution >= 4 is 35.1 Å². The van der Waals surface area contributed by atoms with E-state index in [4.69, 9.17) is 26.5 Å². The molecule has 1 heterocycles. The number of rotatable bonds is 4. The number of hydrogen-bond acceptors (Lipinski definition) is 6. The van der Waals surface area contributed by atoms with E-state index in [1.807, 2.05) is 6.07 Å². The zero-order valence-corrected chi connectivity index (χ0v) is 19.8. The minimum atomic E-state index is -5.08. The topological polar surface area (TPSA) is 164 Å². The van der Waals surface area contributed by atoms with Crippen LogP contribution in [0.3, 0.4) is 0 Å². The molecule has 6 N–H and O–H groups in total. The summed E-state index contributed by atoms with van der Waals surface area (Å²) in [6.07, 6.45) is -1.04. The average molecular weight is 518 g/mol. The number of nitrogens with zero attached hydrogens (tertiary/aromatic N) is 1. The molecule has 1 aromatic carbocycles. The van der Waals surface area contributed by atoms with Gasteiger partial charge in [0.15, 0.2) is 0 Å². The molecule has 0 fully saturated rings. The van der Waals surface area contributed by atoms with E-state index in [1.54, 1.807) is 38.4 Å². The standard InChI is InChI=1S/C12H16N2O2S.C8H9NO2.C2HF3O2/c1-14(2)12(16)9-7-5-3-4-6-8(7)17-10(9)11(13)15;9-7(8(10)11)6-4-2-1-3-5-6;3-2(4,5)1(6)7/h3-6H2,1-2H3,(H2,13,15);1-5,7H,9H2,(H,10,11);(H,6,7)/t;7-;/m.0./s1. The van der Waals surface area contributed by atoms with E-state index < -0.39 is 30.1 Å². The number of halogens is 3. The Morgan fingerprint density at radius 3 is 1.97 bits per heavy atom. The largest absolute Gasteiger partial charge is 0.490 e. The van der Waals surface area contributed by atoms with Crippen molar-refractivity contribution in [2.75, 3.05) is 14.1 Å². The number of alkyl halides is 3. The molecule has 0 saturated carbocycles. The van der Waals surface area contributed by atoms with Crippen molar-refractivity contribution in [1.29, 1.82) is 0 Å². The third kappa shape index (κ3) is 8.68. The van der Waals surface area contributed by atoms with E-state index in [-0.39, 0.29) is 5.91 Å². The summed E-state index contributed by atoms with van der Waals surface area (Å²) in [5.41, 5.74) is 12.9. The lowest BCUT2D eigenvalue weighted by atomic mass is 9.94. The van der Waals surface area contributed by atoms with Gasteiger partial charge in [0.05, 0.1) is 5.56 Å². The first-order valence-corrected chi connectivity index (χ1v) is 11.0. The number of nitrogens with two attached hydrogens (primary N) is 2. The van der Waals surface area contributed by atoms with E-state index in [2.05, 4.69) is 0 Å². The first-order valence-electron chi connectivity index (χ1n) is 10.2. The van der Waals surface area contributed by atoms with E-state index >= 15 is 0 Å². The van der Waals surface area contributed by atoms with Gasteiger partial charge in [-0.05, 0) is 36.8 Å². The zero-order valence-electron chi connectivity index (χ0n) is 19.0. The van der Waals surface area contributed by atoms with Gasteiger partial charge in [-0.25, -0.2) is 4.79 Å². The number of thiophene rings is 1. The maximum atomic E-state index is 12.1. The van der Waals surface area contributed by atoms with Crippen LogP contribution >= 0.6 is 11.3 Å². The second-order valence-corrected chi connectivity index (χ2v) is 8.61.